The zero-order valence-corrected chi connectivity index (χ0v) is 12.8. The summed E-state index contributed by atoms with van der Waals surface area (Å²) in [6.07, 6.45) is 2.77. The Morgan fingerprint density at radius 2 is 2.26 bits per heavy atom. The maximum Gasteiger partial charge on any atom is 0.151 e. The molecule has 0 aliphatic rings. The van der Waals surface area contributed by atoms with Gasteiger partial charge in [0.15, 0.2) is 5.82 Å². The predicted octanol–water partition coefficient (Wildman–Crippen LogP) is 3.96. The summed E-state index contributed by atoms with van der Waals surface area (Å²) < 4.78 is 15.9. The molecule has 0 amide bonds. The van der Waals surface area contributed by atoms with Gasteiger partial charge in [0.2, 0.25) is 0 Å². The summed E-state index contributed by atoms with van der Waals surface area (Å²) >= 11 is 7.65. The molecule has 0 saturated carbocycles. The van der Waals surface area contributed by atoms with Gasteiger partial charge in [0, 0.05) is 18.8 Å². The Balaban J connectivity index is 2.43. The molecule has 19 heavy (non-hydrogen) atoms. The number of para-hydroxylation sites is 1. The van der Waals surface area contributed by atoms with Gasteiger partial charge in [0.25, 0.3) is 0 Å². The first-order valence-corrected chi connectivity index (χ1v) is 8.28. The van der Waals surface area contributed by atoms with Gasteiger partial charge in [-0.05, 0) is 30.1 Å². The number of alkyl halides is 1. The summed E-state index contributed by atoms with van der Waals surface area (Å²) in [6, 6.07) is 5.12. The Morgan fingerprint density at radius 3 is 2.95 bits per heavy atom. The molecule has 0 fully saturated rings. The summed E-state index contributed by atoms with van der Waals surface area (Å²) in [5.41, 5.74) is 1.33. The molecule has 1 aromatic heterocycles. The van der Waals surface area contributed by atoms with E-state index in [4.69, 9.17) is 11.6 Å². The van der Waals surface area contributed by atoms with Crippen LogP contribution in [0.1, 0.15) is 12.7 Å². The third kappa shape index (κ3) is 3.23. The number of hydrogen-bond donors (Lipinski definition) is 0. The quantitative estimate of drug-likeness (QED) is 0.752. The van der Waals surface area contributed by atoms with E-state index >= 15 is 0 Å². The smallest absolute Gasteiger partial charge is 0.151 e. The normalized spacial score (nSPS) is 13.1. The topological polar surface area (TPSA) is 17.8 Å². The Morgan fingerprint density at radius 1 is 1.47 bits per heavy atom. The summed E-state index contributed by atoms with van der Waals surface area (Å²) in [5, 5.41) is 0. The number of fused-ring (bicyclic) bond motifs is 1. The fraction of sp³-hybridized carbons (Fsp3) is 0.500. The van der Waals surface area contributed by atoms with Crippen molar-refractivity contribution in [1.82, 2.24) is 9.55 Å². The number of halogens is 2. The average molecular weight is 301 g/mol. The molecule has 0 saturated heterocycles. The van der Waals surface area contributed by atoms with Crippen molar-refractivity contribution in [1.29, 1.82) is 0 Å². The van der Waals surface area contributed by atoms with Crippen molar-refractivity contribution in [2.45, 2.75) is 19.9 Å². The highest BCUT2D eigenvalue weighted by Gasteiger charge is 2.15. The molecule has 1 atom stereocenters. The minimum Gasteiger partial charge on any atom is -0.328 e. The van der Waals surface area contributed by atoms with E-state index in [1.165, 1.54) is 6.07 Å². The molecule has 2 aromatic rings. The van der Waals surface area contributed by atoms with Gasteiger partial charge in [0.05, 0.1) is 5.52 Å². The molecule has 1 heterocycles. The number of rotatable bonds is 6. The minimum atomic E-state index is -0.260. The lowest BCUT2D eigenvalue weighted by molar-refractivity contribution is 0.526. The van der Waals surface area contributed by atoms with Crippen LogP contribution in [0.3, 0.4) is 0 Å². The van der Waals surface area contributed by atoms with E-state index in [0.717, 1.165) is 23.6 Å². The maximum absolute atomic E-state index is 13.8. The highest BCUT2D eigenvalue weighted by molar-refractivity contribution is 7.98. The van der Waals surface area contributed by atoms with Gasteiger partial charge < -0.3 is 4.57 Å². The summed E-state index contributed by atoms with van der Waals surface area (Å²) in [5.74, 6) is 2.72. The molecule has 0 N–H and O–H groups in total. The second kappa shape index (κ2) is 6.62. The van der Waals surface area contributed by atoms with Crippen LogP contribution in [-0.4, -0.2) is 27.4 Å². The summed E-state index contributed by atoms with van der Waals surface area (Å²) in [4.78, 5) is 4.41. The fourth-order valence-electron chi connectivity index (χ4n) is 2.29. The van der Waals surface area contributed by atoms with Crippen molar-refractivity contribution in [2.75, 3.05) is 17.9 Å². The van der Waals surface area contributed by atoms with Crippen LogP contribution in [0.5, 0.6) is 0 Å². The van der Waals surface area contributed by atoms with Gasteiger partial charge in [-0.25, -0.2) is 9.37 Å². The van der Waals surface area contributed by atoms with Gasteiger partial charge in [-0.15, -0.1) is 11.6 Å². The van der Waals surface area contributed by atoms with Crippen LogP contribution >= 0.6 is 23.4 Å². The standard InChI is InChI=1S/C14H18ClFN2S/c1-10(9-19-2)8-18-12-5-3-4-11(16)14(12)17-13(18)6-7-15/h3-5,10H,6-9H2,1-2H3. The molecule has 0 radical (unpaired) electrons. The maximum atomic E-state index is 13.8. The Labute approximate surface area is 122 Å². The summed E-state index contributed by atoms with van der Waals surface area (Å²) in [6.45, 7) is 3.05. The van der Waals surface area contributed by atoms with E-state index in [1.807, 2.05) is 17.8 Å². The number of aromatic nitrogens is 2. The molecular formula is C14H18ClFN2S. The molecule has 1 unspecified atom stereocenters. The highest BCUT2D eigenvalue weighted by Crippen LogP contribution is 2.22. The van der Waals surface area contributed by atoms with Crippen molar-refractivity contribution in [3.05, 3.63) is 29.8 Å². The molecule has 0 spiro atoms. The fourth-order valence-corrected chi connectivity index (χ4v) is 3.13. The predicted molar refractivity (Wildman–Crippen MR) is 81.7 cm³/mol. The summed E-state index contributed by atoms with van der Waals surface area (Å²) in [7, 11) is 0. The number of imidazole rings is 1. The molecular weight excluding hydrogens is 283 g/mol. The van der Waals surface area contributed by atoms with Crippen molar-refractivity contribution in [3.63, 3.8) is 0 Å². The first kappa shape index (κ1) is 14.7. The lowest BCUT2D eigenvalue weighted by atomic mass is 10.2. The van der Waals surface area contributed by atoms with Crippen LogP contribution in [0.15, 0.2) is 18.2 Å². The van der Waals surface area contributed by atoms with Crippen molar-refractivity contribution < 1.29 is 4.39 Å². The highest BCUT2D eigenvalue weighted by atomic mass is 35.5. The number of benzene rings is 1. The third-order valence-electron chi connectivity index (χ3n) is 3.07. The van der Waals surface area contributed by atoms with E-state index in [-0.39, 0.29) is 5.82 Å². The number of hydrogen-bond acceptors (Lipinski definition) is 2. The SMILES string of the molecule is CSCC(C)Cn1c(CCCl)nc2c(F)cccc21. The van der Waals surface area contributed by atoms with Gasteiger partial charge in [-0.3, -0.25) is 0 Å². The molecule has 0 aliphatic carbocycles. The second-order valence-electron chi connectivity index (χ2n) is 4.75. The first-order valence-electron chi connectivity index (χ1n) is 6.36. The van der Waals surface area contributed by atoms with E-state index in [1.54, 1.807) is 6.07 Å². The molecule has 1 aromatic carbocycles. The van der Waals surface area contributed by atoms with E-state index in [0.29, 0.717) is 23.7 Å². The minimum absolute atomic E-state index is 0.260. The van der Waals surface area contributed by atoms with Crippen molar-refractivity contribution in [2.24, 2.45) is 5.92 Å². The number of thioether (sulfide) groups is 1. The van der Waals surface area contributed by atoms with Gasteiger partial charge in [0.1, 0.15) is 11.3 Å². The Hall–Kier alpha value is -0.740. The second-order valence-corrected chi connectivity index (χ2v) is 6.03. The van der Waals surface area contributed by atoms with Gasteiger partial charge in [-0.1, -0.05) is 13.0 Å². The van der Waals surface area contributed by atoms with Gasteiger partial charge >= 0.3 is 0 Å². The van der Waals surface area contributed by atoms with Gasteiger partial charge in [-0.2, -0.15) is 11.8 Å². The average Bonchev–Trinajstić information content (AvgIpc) is 2.71. The lowest BCUT2D eigenvalue weighted by Crippen LogP contribution is -2.13. The van der Waals surface area contributed by atoms with Crippen LogP contribution in [-0.2, 0) is 13.0 Å². The van der Waals surface area contributed by atoms with Crippen molar-refractivity contribution >= 4 is 34.4 Å². The lowest BCUT2D eigenvalue weighted by Gasteiger charge is -2.14. The molecule has 5 heteroatoms. The molecule has 104 valence electrons. The Bertz CT molecular complexity index is 556. The zero-order valence-electron chi connectivity index (χ0n) is 11.2. The first-order chi connectivity index (χ1) is 9.17. The van der Waals surface area contributed by atoms with Crippen LogP contribution in [0, 0.1) is 11.7 Å². The van der Waals surface area contributed by atoms with E-state index in [2.05, 4.69) is 22.7 Å². The third-order valence-corrected chi connectivity index (χ3v) is 4.16. The zero-order chi connectivity index (χ0) is 13.8. The van der Waals surface area contributed by atoms with Crippen LogP contribution < -0.4 is 0 Å². The van der Waals surface area contributed by atoms with Crippen LogP contribution in [0.4, 0.5) is 4.39 Å². The van der Waals surface area contributed by atoms with Crippen molar-refractivity contribution in [3.8, 4) is 0 Å². The largest absolute Gasteiger partial charge is 0.328 e. The molecule has 2 rings (SSSR count). The number of nitrogens with zero attached hydrogens (tertiary/aromatic N) is 2. The van der Waals surface area contributed by atoms with Crippen LogP contribution in [0.25, 0.3) is 11.0 Å². The molecule has 0 bridgehead atoms. The Kier molecular flexibility index (Phi) is 5.11. The molecule has 0 aliphatic heterocycles. The molecule has 2 nitrogen and oxygen atoms in total. The van der Waals surface area contributed by atoms with E-state index in [9.17, 15) is 4.39 Å². The number of aryl methyl sites for hydroxylation is 1. The van der Waals surface area contributed by atoms with Crippen LogP contribution in [0.2, 0.25) is 0 Å². The monoisotopic (exact) mass is 300 g/mol. The van der Waals surface area contributed by atoms with E-state index < -0.39 is 0 Å².